The van der Waals surface area contributed by atoms with E-state index in [1.807, 2.05) is 6.92 Å². The largest absolute Gasteiger partial charge is 0.416 e. The van der Waals surface area contributed by atoms with Crippen LogP contribution in [0.5, 0.6) is 0 Å². The maximum Gasteiger partial charge on any atom is 0.416 e. The molecule has 6 nitrogen and oxygen atoms in total. The van der Waals surface area contributed by atoms with Gasteiger partial charge in [0, 0.05) is 13.1 Å². The van der Waals surface area contributed by atoms with Crippen LogP contribution < -0.4 is 0 Å². The van der Waals surface area contributed by atoms with Gasteiger partial charge in [-0.05, 0) is 18.6 Å². The molecular formula is C16H17F3N4O2. The first kappa shape index (κ1) is 17.4. The SMILES string of the molecule is CCn1nncc1C(=O)N1CCOC(c2ccccc2C(F)(F)F)C1. The van der Waals surface area contributed by atoms with Gasteiger partial charge in [-0.2, -0.15) is 13.2 Å². The zero-order valence-corrected chi connectivity index (χ0v) is 13.5. The molecule has 0 saturated carbocycles. The molecule has 1 saturated heterocycles. The van der Waals surface area contributed by atoms with Gasteiger partial charge in [-0.15, -0.1) is 5.10 Å². The molecule has 0 radical (unpaired) electrons. The van der Waals surface area contributed by atoms with Crippen molar-refractivity contribution in [3.05, 3.63) is 47.3 Å². The van der Waals surface area contributed by atoms with Gasteiger partial charge in [-0.3, -0.25) is 4.79 Å². The van der Waals surface area contributed by atoms with Crippen molar-refractivity contribution in [2.24, 2.45) is 0 Å². The molecule has 9 heteroatoms. The molecule has 1 aliphatic heterocycles. The van der Waals surface area contributed by atoms with E-state index in [-0.39, 0.29) is 24.6 Å². The van der Waals surface area contributed by atoms with Gasteiger partial charge >= 0.3 is 6.18 Å². The fraction of sp³-hybridized carbons (Fsp3) is 0.438. The van der Waals surface area contributed by atoms with Crippen molar-refractivity contribution in [1.29, 1.82) is 0 Å². The Hall–Kier alpha value is -2.42. The number of hydrogen-bond acceptors (Lipinski definition) is 4. The number of amides is 1. The van der Waals surface area contributed by atoms with E-state index in [0.717, 1.165) is 6.07 Å². The van der Waals surface area contributed by atoms with Crippen LogP contribution in [-0.4, -0.2) is 45.5 Å². The number of hydrogen-bond donors (Lipinski definition) is 0. The summed E-state index contributed by atoms with van der Waals surface area (Å²) in [5.41, 5.74) is -0.392. The minimum atomic E-state index is -4.48. The normalized spacial score (nSPS) is 18.4. The van der Waals surface area contributed by atoms with Gasteiger partial charge < -0.3 is 9.64 Å². The number of nitrogens with zero attached hydrogens (tertiary/aromatic N) is 4. The third-order valence-corrected chi connectivity index (χ3v) is 4.10. The Morgan fingerprint density at radius 1 is 1.36 bits per heavy atom. The Morgan fingerprint density at radius 2 is 2.12 bits per heavy atom. The summed E-state index contributed by atoms with van der Waals surface area (Å²) in [5, 5.41) is 7.53. The van der Waals surface area contributed by atoms with Gasteiger partial charge in [0.1, 0.15) is 11.8 Å². The number of ether oxygens (including phenoxy) is 1. The predicted molar refractivity (Wildman–Crippen MR) is 81.7 cm³/mol. The third-order valence-electron chi connectivity index (χ3n) is 4.10. The second kappa shape index (κ2) is 6.83. The first-order valence-electron chi connectivity index (χ1n) is 7.87. The average molecular weight is 354 g/mol. The Kier molecular flexibility index (Phi) is 4.76. The molecule has 3 rings (SSSR count). The van der Waals surface area contributed by atoms with Crippen molar-refractivity contribution in [1.82, 2.24) is 19.9 Å². The Morgan fingerprint density at radius 3 is 2.84 bits per heavy atom. The summed E-state index contributed by atoms with van der Waals surface area (Å²) in [6.07, 6.45) is -3.95. The van der Waals surface area contributed by atoms with Crippen LogP contribution in [0.1, 0.15) is 34.6 Å². The number of alkyl halides is 3. The Labute approximate surface area is 142 Å². The summed E-state index contributed by atoms with van der Waals surface area (Å²) in [7, 11) is 0. The summed E-state index contributed by atoms with van der Waals surface area (Å²) in [6.45, 7) is 2.81. The molecule has 1 aromatic carbocycles. The van der Waals surface area contributed by atoms with Crippen LogP contribution in [0.4, 0.5) is 13.2 Å². The van der Waals surface area contributed by atoms with E-state index in [9.17, 15) is 18.0 Å². The van der Waals surface area contributed by atoms with Crippen molar-refractivity contribution in [3.63, 3.8) is 0 Å². The smallest absolute Gasteiger partial charge is 0.370 e. The lowest BCUT2D eigenvalue weighted by atomic mass is 10.0. The van der Waals surface area contributed by atoms with Crippen LogP contribution in [0, 0.1) is 0 Å². The van der Waals surface area contributed by atoms with E-state index in [1.54, 1.807) is 0 Å². The van der Waals surface area contributed by atoms with Crippen molar-refractivity contribution >= 4 is 5.91 Å². The number of halogens is 3. The summed E-state index contributed by atoms with van der Waals surface area (Å²) in [4.78, 5) is 14.1. The molecule has 0 aliphatic carbocycles. The number of aryl methyl sites for hydroxylation is 1. The summed E-state index contributed by atoms with van der Waals surface area (Å²) in [5.74, 6) is -0.315. The van der Waals surface area contributed by atoms with Crippen LogP contribution in [0.15, 0.2) is 30.5 Å². The van der Waals surface area contributed by atoms with Crippen LogP contribution in [0.2, 0.25) is 0 Å². The zero-order chi connectivity index (χ0) is 18.0. The molecule has 1 fully saturated rings. The highest BCUT2D eigenvalue weighted by molar-refractivity contribution is 5.92. The van der Waals surface area contributed by atoms with Crippen LogP contribution in [0.25, 0.3) is 0 Å². The molecule has 134 valence electrons. The fourth-order valence-corrected chi connectivity index (χ4v) is 2.88. The first-order valence-corrected chi connectivity index (χ1v) is 7.87. The van der Waals surface area contributed by atoms with Gasteiger partial charge in [0.25, 0.3) is 5.91 Å². The molecule has 1 atom stereocenters. The molecule has 2 heterocycles. The lowest BCUT2D eigenvalue weighted by molar-refractivity contribution is -0.140. The standard InChI is InChI=1S/C16H17F3N4O2/c1-2-23-13(9-20-21-23)15(24)22-7-8-25-14(10-22)11-5-3-4-6-12(11)16(17,18)19/h3-6,9,14H,2,7-8,10H2,1H3. The number of rotatable bonds is 3. The van der Waals surface area contributed by atoms with Gasteiger partial charge in [0.05, 0.1) is 24.9 Å². The van der Waals surface area contributed by atoms with Crippen LogP contribution >= 0.6 is 0 Å². The van der Waals surface area contributed by atoms with Gasteiger partial charge in [0.2, 0.25) is 0 Å². The quantitative estimate of drug-likeness (QED) is 0.850. The van der Waals surface area contributed by atoms with E-state index in [1.165, 1.54) is 34.0 Å². The molecule has 1 aromatic heterocycles. The molecule has 1 aliphatic rings. The first-order chi connectivity index (χ1) is 11.9. The van der Waals surface area contributed by atoms with Gasteiger partial charge in [0.15, 0.2) is 0 Å². The topological polar surface area (TPSA) is 60.2 Å². The highest BCUT2D eigenvalue weighted by atomic mass is 19.4. The van der Waals surface area contributed by atoms with Gasteiger partial charge in [-0.25, -0.2) is 4.68 Å². The fourth-order valence-electron chi connectivity index (χ4n) is 2.88. The third kappa shape index (κ3) is 3.51. The lowest BCUT2D eigenvalue weighted by Gasteiger charge is -2.34. The highest BCUT2D eigenvalue weighted by Gasteiger charge is 2.37. The maximum atomic E-state index is 13.2. The van der Waals surface area contributed by atoms with Crippen molar-refractivity contribution in [3.8, 4) is 0 Å². The molecule has 0 N–H and O–H groups in total. The van der Waals surface area contributed by atoms with Crippen molar-refractivity contribution in [2.45, 2.75) is 25.7 Å². The number of carbonyl (C=O) groups excluding carboxylic acids is 1. The molecular weight excluding hydrogens is 337 g/mol. The molecule has 0 spiro atoms. The highest BCUT2D eigenvalue weighted by Crippen LogP contribution is 2.36. The minimum absolute atomic E-state index is 0.0367. The van der Waals surface area contributed by atoms with E-state index >= 15 is 0 Å². The molecule has 1 amide bonds. The number of benzene rings is 1. The van der Waals surface area contributed by atoms with Crippen LogP contribution in [-0.2, 0) is 17.5 Å². The van der Waals surface area contributed by atoms with E-state index in [2.05, 4.69) is 10.3 Å². The molecule has 0 bridgehead atoms. The summed E-state index contributed by atoms with van der Waals surface area (Å²) >= 11 is 0. The molecule has 25 heavy (non-hydrogen) atoms. The zero-order valence-electron chi connectivity index (χ0n) is 13.5. The van der Waals surface area contributed by atoms with Gasteiger partial charge in [-0.1, -0.05) is 23.4 Å². The number of aromatic nitrogens is 3. The van der Waals surface area contributed by atoms with E-state index in [0.29, 0.717) is 18.8 Å². The predicted octanol–water partition coefficient (Wildman–Crippen LogP) is 2.53. The number of carbonyl (C=O) groups is 1. The van der Waals surface area contributed by atoms with E-state index in [4.69, 9.17) is 4.74 Å². The molecule has 2 aromatic rings. The Bertz CT molecular complexity index is 760. The maximum absolute atomic E-state index is 13.2. The summed E-state index contributed by atoms with van der Waals surface area (Å²) in [6, 6.07) is 5.28. The second-order valence-corrected chi connectivity index (χ2v) is 5.63. The lowest BCUT2D eigenvalue weighted by Crippen LogP contribution is -2.43. The monoisotopic (exact) mass is 354 g/mol. The molecule has 1 unspecified atom stereocenters. The Balaban J connectivity index is 1.84. The van der Waals surface area contributed by atoms with Crippen molar-refractivity contribution in [2.75, 3.05) is 19.7 Å². The second-order valence-electron chi connectivity index (χ2n) is 5.63. The number of morpholine rings is 1. The van der Waals surface area contributed by atoms with E-state index < -0.39 is 17.8 Å². The van der Waals surface area contributed by atoms with Crippen molar-refractivity contribution < 1.29 is 22.7 Å². The minimum Gasteiger partial charge on any atom is -0.370 e. The average Bonchev–Trinajstić information content (AvgIpc) is 3.09. The van der Waals surface area contributed by atoms with Crippen LogP contribution in [0.3, 0.4) is 0 Å². The summed E-state index contributed by atoms with van der Waals surface area (Å²) < 4.78 is 46.7.